The van der Waals surface area contributed by atoms with E-state index in [4.69, 9.17) is 16.0 Å². The molecule has 1 nitrogen and oxygen atoms in total. The Labute approximate surface area is 143 Å². The summed E-state index contributed by atoms with van der Waals surface area (Å²) >= 11 is 6.14. The van der Waals surface area contributed by atoms with Crippen molar-refractivity contribution in [1.82, 2.24) is 0 Å². The lowest BCUT2D eigenvalue weighted by Gasteiger charge is -2.12. The van der Waals surface area contributed by atoms with Gasteiger partial charge in [0.15, 0.2) is 0 Å². The van der Waals surface area contributed by atoms with Crippen molar-refractivity contribution in [3.63, 3.8) is 0 Å². The Morgan fingerprint density at radius 2 is 1.39 bits per heavy atom. The summed E-state index contributed by atoms with van der Waals surface area (Å²) in [5.41, 5.74) is 3.71. The van der Waals surface area contributed by atoms with Crippen molar-refractivity contribution in [3.8, 4) is 5.75 Å². The average Bonchev–Trinajstić information content (AvgIpc) is 2.62. The van der Waals surface area contributed by atoms with E-state index in [0.717, 1.165) is 23.0 Å². The standard InChI is InChI=1S/C20H18ClOP/c21-23-20-14-18(13-16-7-3-1-4-8-16)11-12-19(20)22-15-17-9-5-2-6-10-17/h1-12,14,23H,13,15H2. The van der Waals surface area contributed by atoms with Crippen LogP contribution in [0, 0.1) is 0 Å². The Morgan fingerprint density at radius 3 is 2.04 bits per heavy atom. The summed E-state index contributed by atoms with van der Waals surface area (Å²) in [5.74, 6) is 0.874. The summed E-state index contributed by atoms with van der Waals surface area (Å²) in [6.45, 7) is 0.563. The molecule has 3 rings (SSSR count). The van der Waals surface area contributed by atoms with Gasteiger partial charge < -0.3 is 4.74 Å². The molecule has 23 heavy (non-hydrogen) atoms. The third-order valence-electron chi connectivity index (χ3n) is 3.63. The molecule has 3 heteroatoms. The van der Waals surface area contributed by atoms with E-state index in [-0.39, 0.29) is 7.93 Å². The van der Waals surface area contributed by atoms with Crippen LogP contribution in [0.15, 0.2) is 78.9 Å². The minimum atomic E-state index is 0.201. The average molecular weight is 341 g/mol. The van der Waals surface area contributed by atoms with Crippen molar-refractivity contribution in [2.24, 2.45) is 0 Å². The van der Waals surface area contributed by atoms with Crippen molar-refractivity contribution in [2.75, 3.05) is 0 Å². The number of rotatable bonds is 6. The van der Waals surface area contributed by atoms with E-state index in [1.165, 1.54) is 11.1 Å². The maximum Gasteiger partial charge on any atom is 0.128 e. The monoisotopic (exact) mass is 340 g/mol. The molecule has 116 valence electrons. The molecule has 0 aliphatic heterocycles. The van der Waals surface area contributed by atoms with Crippen LogP contribution in [0.5, 0.6) is 5.75 Å². The van der Waals surface area contributed by atoms with Crippen LogP contribution in [-0.4, -0.2) is 0 Å². The SMILES string of the molecule is ClPc1cc(Cc2ccccc2)ccc1OCc1ccccc1. The van der Waals surface area contributed by atoms with E-state index < -0.39 is 0 Å². The zero-order valence-electron chi connectivity index (χ0n) is 12.7. The van der Waals surface area contributed by atoms with Gasteiger partial charge in [-0.15, -0.1) is 0 Å². The fraction of sp³-hybridized carbons (Fsp3) is 0.100. The van der Waals surface area contributed by atoms with Crippen molar-refractivity contribution < 1.29 is 4.74 Å². The van der Waals surface area contributed by atoms with E-state index in [1.54, 1.807) is 0 Å². The Morgan fingerprint density at radius 1 is 0.739 bits per heavy atom. The first-order chi connectivity index (χ1) is 11.3. The van der Waals surface area contributed by atoms with Gasteiger partial charge in [0.1, 0.15) is 12.4 Å². The second-order valence-electron chi connectivity index (χ2n) is 5.36. The van der Waals surface area contributed by atoms with Crippen molar-refractivity contribution in [3.05, 3.63) is 95.6 Å². The smallest absolute Gasteiger partial charge is 0.128 e. The maximum absolute atomic E-state index is 6.14. The molecule has 0 aromatic heterocycles. The quantitative estimate of drug-likeness (QED) is 0.552. The Balaban J connectivity index is 1.72. The summed E-state index contributed by atoms with van der Waals surface area (Å²) in [6, 6.07) is 26.9. The van der Waals surface area contributed by atoms with Gasteiger partial charge in [0.2, 0.25) is 0 Å². The van der Waals surface area contributed by atoms with Crippen LogP contribution in [0.1, 0.15) is 16.7 Å². The number of ether oxygens (including phenoxy) is 1. The van der Waals surface area contributed by atoms with Gasteiger partial charge in [-0.25, -0.2) is 0 Å². The van der Waals surface area contributed by atoms with Gasteiger partial charge in [-0.3, -0.25) is 0 Å². The van der Waals surface area contributed by atoms with E-state index in [2.05, 4.69) is 48.5 Å². The summed E-state index contributed by atoms with van der Waals surface area (Å²) in [7, 11) is 0.201. The van der Waals surface area contributed by atoms with Gasteiger partial charge in [-0.1, -0.05) is 78.0 Å². The number of benzene rings is 3. The number of hydrogen-bond donors (Lipinski definition) is 0. The van der Waals surface area contributed by atoms with Crippen LogP contribution in [0.4, 0.5) is 0 Å². The van der Waals surface area contributed by atoms with Gasteiger partial charge in [0.05, 0.1) is 0 Å². The van der Waals surface area contributed by atoms with Crippen LogP contribution in [0.2, 0.25) is 0 Å². The normalized spacial score (nSPS) is 11.0. The highest BCUT2D eigenvalue weighted by Gasteiger charge is 2.06. The molecule has 0 amide bonds. The number of halogens is 1. The molecule has 3 aromatic carbocycles. The topological polar surface area (TPSA) is 9.23 Å². The van der Waals surface area contributed by atoms with Crippen molar-refractivity contribution >= 4 is 24.5 Å². The van der Waals surface area contributed by atoms with E-state index in [9.17, 15) is 0 Å². The molecule has 0 N–H and O–H groups in total. The third kappa shape index (κ3) is 4.58. The largest absolute Gasteiger partial charge is 0.488 e. The first-order valence-electron chi connectivity index (χ1n) is 7.55. The molecule has 0 saturated heterocycles. The minimum Gasteiger partial charge on any atom is -0.488 e. The molecule has 0 radical (unpaired) electrons. The van der Waals surface area contributed by atoms with Crippen LogP contribution < -0.4 is 10.0 Å². The first kappa shape index (κ1) is 16.1. The highest BCUT2D eigenvalue weighted by molar-refractivity contribution is 7.75. The molecule has 0 aliphatic carbocycles. The van der Waals surface area contributed by atoms with Crippen LogP contribution in [0.3, 0.4) is 0 Å². The molecular formula is C20H18ClOP. The predicted octanol–water partition coefficient (Wildman–Crippen LogP) is 5.31. The van der Waals surface area contributed by atoms with Crippen molar-refractivity contribution in [2.45, 2.75) is 13.0 Å². The molecule has 1 atom stereocenters. The highest BCUT2D eigenvalue weighted by atomic mass is 35.7. The molecule has 0 aliphatic rings. The summed E-state index contributed by atoms with van der Waals surface area (Å²) in [6.07, 6.45) is 0.911. The molecule has 0 saturated carbocycles. The van der Waals surface area contributed by atoms with Gasteiger partial charge in [-0.05, 0) is 35.2 Å². The molecular weight excluding hydrogens is 323 g/mol. The van der Waals surface area contributed by atoms with Gasteiger partial charge in [0.25, 0.3) is 0 Å². The van der Waals surface area contributed by atoms with Gasteiger partial charge >= 0.3 is 0 Å². The van der Waals surface area contributed by atoms with E-state index >= 15 is 0 Å². The lowest BCUT2D eigenvalue weighted by atomic mass is 10.1. The fourth-order valence-corrected chi connectivity index (χ4v) is 3.39. The van der Waals surface area contributed by atoms with Crippen LogP contribution in [0.25, 0.3) is 0 Å². The molecule has 0 spiro atoms. The van der Waals surface area contributed by atoms with Gasteiger partial charge in [-0.2, -0.15) is 0 Å². The minimum absolute atomic E-state index is 0.201. The highest BCUT2D eigenvalue weighted by Crippen LogP contribution is 2.25. The van der Waals surface area contributed by atoms with Crippen molar-refractivity contribution in [1.29, 1.82) is 0 Å². The molecule has 0 heterocycles. The second-order valence-corrected chi connectivity index (χ2v) is 6.66. The molecule has 3 aromatic rings. The van der Waals surface area contributed by atoms with Crippen LogP contribution in [-0.2, 0) is 13.0 Å². The third-order valence-corrected chi connectivity index (χ3v) is 4.84. The zero-order chi connectivity index (χ0) is 15.9. The lowest BCUT2D eigenvalue weighted by Crippen LogP contribution is -2.05. The van der Waals surface area contributed by atoms with E-state index in [1.807, 2.05) is 30.3 Å². The summed E-state index contributed by atoms with van der Waals surface area (Å²) in [4.78, 5) is 0. The van der Waals surface area contributed by atoms with Gasteiger partial charge in [0, 0.05) is 13.2 Å². The zero-order valence-corrected chi connectivity index (χ0v) is 14.5. The summed E-state index contributed by atoms with van der Waals surface area (Å²) in [5, 5.41) is 1.07. The first-order valence-corrected chi connectivity index (χ1v) is 9.56. The second kappa shape index (κ2) is 8.15. The Bertz CT molecular complexity index is 744. The fourth-order valence-electron chi connectivity index (χ4n) is 2.45. The maximum atomic E-state index is 6.14. The molecule has 0 fully saturated rings. The lowest BCUT2D eigenvalue weighted by molar-refractivity contribution is 0.309. The predicted molar refractivity (Wildman–Crippen MR) is 100 cm³/mol. The Hall–Kier alpha value is -1.82. The number of hydrogen-bond acceptors (Lipinski definition) is 1. The molecule has 1 unspecified atom stereocenters. The van der Waals surface area contributed by atoms with E-state index in [0.29, 0.717) is 6.61 Å². The molecule has 0 bridgehead atoms. The van der Waals surface area contributed by atoms with Crippen LogP contribution >= 0.6 is 19.2 Å². The Kier molecular flexibility index (Phi) is 5.69. The summed E-state index contributed by atoms with van der Waals surface area (Å²) < 4.78 is 5.94.